The van der Waals surface area contributed by atoms with Crippen LogP contribution in [0.5, 0.6) is 0 Å². The first-order valence-corrected chi connectivity index (χ1v) is 4.23. The third kappa shape index (κ3) is 6.20. The summed E-state index contributed by atoms with van der Waals surface area (Å²) in [6.07, 6.45) is -0.484. The number of hydrogen-bond acceptors (Lipinski definition) is 4. The maximum Gasteiger partial charge on any atom is 0.282 e. The van der Waals surface area contributed by atoms with Crippen LogP contribution in [0.1, 0.15) is 0 Å². The molecule has 0 saturated heterocycles. The molecule has 0 amide bonds. The van der Waals surface area contributed by atoms with Gasteiger partial charge >= 0.3 is 0 Å². The van der Waals surface area contributed by atoms with E-state index in [9.17, 15) is 8.78 Å². The van der Waals surface area contributed by atoms with Crippen LogP contribution in [0.3, 0.4) is 0 Å². The molecule has 0 aromatic heterocycles. The Morgan fingerprint density at radius 3 is 2.07 bits per heavy atom. The maximum atomic E-state index is 12.7. The summed E-state index contributed by atoms with van der Waals surface area (Å²) < 4.78 is 39.8. The molecule has 0 aromatic carbocycles. The Bertz CT molecular complexity index is 141. The quantitative estimate of drug-likeness (QED) is 0.628. The predicted molar refractivity (Wildman–Crippen MR) is 47.5 cm³/mol. The highest BCUT2D eigenvalue weighted by molar-refractivity contribution is 4.67. The third-order valence-electron chi connectivity index (χ3n) is 1.53. The minimum Gasteiger partial charge on any atom is -0.382 e. The average molecular weight is 213 g/mol. The first-order chi connectivity index (χ1) is 6.55. The highest BCUT2D eigenvalue weighted by Gasteiger charge is 2.28. The van der Waals surface area contributed by atoms with Crippen LogP contribution in [0.2, 0.25) is 0 Å². The average Bonchev–Trinajstić information content (AvgIpc) is 2.15. The summed E-state index contributed by atoms with van der Waals surface area (Å²) in [5, 5.41) is 0. The Kier molecular flexibility index (Phi) is 6.90. The largest absolute Gasteiger partial charge is 0.382 e. The van der Waals surface area contributed by atoms with Crippen LogP contribution in [0, 0.1) is 0 Å². The molecule has 0 aliphatic carbocycles. The van der Waals surface area contributed by atoms with Crippen LogP contribution in [0.4, 0.5) is 8.78 Å². The van der Waals surface area contributed by atoms with Gasteiger partial charge in [-0.2, -0.15) is 0 Å². The van der Waals surface area contributed by atoms with E-state index in [1.54, 1.807) is 0 Å². The van der Waals surface area contributed by atoms with Gasteiger partial charge in [0.1, 0.15) is 12.7 Å². The first-order valence-electron chi connectivity index (χ1n) is 4.23. The van der Waals surface area contributed by atoms with Crippen molar-refractivity contribution < 1.29 is 23.0 Å². The standard InChI is InChI=1S/C8H17F2NO3/c1-12-3-7(4-13-2)14-6-8(9,10)5-11/h7H,3-6,11H2,1-2H3. The van der Waals surface area contributed by atoms with Gasteiger partial charge in [-0.25, -0.2) is 8.78 Å². The molecule has 0 unspecified atom stereocenters. The second kappa shape index (κ2) is 7.05. The van der Waals surface area contributed by atoms with Crippen LogP contribution in [0.15, 0.2) is 0 Å². The second-order valence-corrected chi connectivity index (χ2v) is 2.90. The molecule has 0 atom stereocenters. The lowest BCUT2D eigenvalue weighted by atomic mass is 10.3. The number of nitrogens with two attached hydrogens (primary N) is 1. The van der Waals surface area contributed by atoms with Crippen LogP contribution in [0.25, 0.3) is 0 Å². The fraction of sp³-hybridized carbons (Fsp3) is 1.00. The van der Waals surface area contributed by atoms with E-state index in [1.165, 1.54) is 14.2 Å². The number of rotatable bonds is 8. The highest BCUT2D eigenvalue weighted by atomic mass is 19.3. The molecular formula is C8H17F2NO3. The summed E-state index contributed by atoms with van der Waals surface area (Å²) in [4.78, 5) is 0. The van der Waals surface area contributed by atoms with Gasteiger partial charge in [-0.1, -0.05) is 0 Å². The summed E-state index contributed by atoms with van der Waals surface area (Å²) in [6, 6.07) is 0. The van der Waals surface area contributed by atoms with Crippen molar-refractivity contribution >= 4 is 0 Å². The monoisotopic (exact) mass is 213 g/mol. The molecule has 0 fully saturated rings. The fourth-order valence-electron chi connectivity index (χ4n) is 0.815. The van der Waals surface area contributed by atoms with Crippen molar-refractivity contribution in [3.8, 4) is 0 Å². The lowest BCUT2D eigenvalue weighted by molar-refractivity contribution is -0.119. The van der Waals surface area contributed by atoms with Gasteiger partial charge < -0.3 is 19.9 Å². The van der Waals surface area contributed by atoms with Crippen molar-refractivity contribution in [1.82, 2.24) is 0 Å². The predicted octanol–water partition coefficient (Wildman–Crippen LogP) is 0.258. The molecular weight excluding hydrogens is 196 g/mol. The maximum absolute atomic E-state index is 12.7. The van der Waals surface area contributed by atoms with E-state index in [0.717, 1.165) is 0 Å². The SMILES string of the molecule is COCC(COC)OCC(F)(F)CN. The summed E-state index contributed by atoms with van der Waals surface area (Å²) in [7, 11) is 2.93. The number of methoxy groups -OCH3 is 2. The van der Waals surface area contributed by atoms with E-state index in [2.05, 4.69) is 0 Å². The van der Waals surface area contributed by atoms with Crippen LogP contribution in [-0.4, -0.2) is 52.6 Å². The van der Waals surface area contributed by atoms with Crippen LogP contribution < -0.4 is 5.73 Å². The number of hydrogen-bond donors (Lipinski definition) is 1. The molecule has 4 nitrogen and oxygen atoms in total. The van der Waals surface area contributed by atoms with Gasteiger partial charge in [0, 0.05) is 14.2 Å². The zero-order chi connectivity index (χ0) is 11.0. The van der Waals surface area contributed by atoms with Crippen molar-refractivity contribution in [3.63, 3.8) is 0 Å². The van der Waals surface area contributed by atoms with Crippen LogP contribution >= 0.6 is 0 Å². The summed E-state index contributed by atoms with van der Waals surface area (Å²) in [5.41, 5.74) is 4.85. The topological polar surface area (TPSA) is 53.7 Å². The van der Waals surface area contributed by atoms with E-state index in [4.69, 9.17) is 19.9 Å². The summed E-state index contributed by atoms with van der Waals surface area (Å²) in [5.74, 6) is -2.99. The van der Waals surface area contributed by atoms with E-state index in [1.807, 2.05) is 0 Å². The zero-order valence-corrected chi connectivity index (χ0v) is 8.46. The molecule has 14 heavy (non-hydrogen) atoms. The Morgan fingerprint density at radius 1 is 1.21 bits per heavy atom. The smallest absolute Gasteiger partial charge is 0.282 e. The normalized spacial score (nSPS) is 12.4. The van der Waals surface area contributed by atoms with Gasteiger partial charge in [-0.3, -0.25) is 0 Å². The van der Waals surface area contributed by atoms with E-state index in [0.29, 0.717) is 0 Å². The molecule has 0 bridgehead atoms. The molecule has 0 aliphatic rings. The molecule has 0 spiro atoms. The lowest BCUT2D eigenvalue weighted by Crippen LogP contribution is -2.37. The molecule has 0 aromatic rings. The third-order valence-corrected chi connectivity index (χ3v) is 1.53. The number of alkyl halides is 2. The molecule has 2 N–H and O–H groups in total. The van der Waals surface area contributed by atoms with Gasteiger partial charge in [0.25, 0.3) is 5.92 Å². The second-order valence-electron chi connectivity index (χ2n) is 2.90. The van der Waals surface area contributed by atoms with Crippen molar-refractivity contribution in [1.29, 1.82) is 0 Å². The van der Waals surface area contributed by atoms with Crippen molar-refractivity contribution in [2.45, 2.75) is 12.0 Å². The van der Waals surface area contributed by atoms with Gasteiger partial charge in [-0.05, 0) is 0 Å². The van der Waals surface area contributed by atoms with E-state index < -0.39 is 25.2 Å². The minimum absolute atomic E-state index is 0.217. The first kappa shape index (κ1) is 13.7. The van der Waals surface area contributed by atoms with Gasteiger partial charge in [-0.15, -0.1) is 0 Å². The number of ether oxygens (including phenoxy) is 3. The molecule has 0 heterocycles. The lowest BCUT2D eigenvalue weighted by Gasteiger charge is -2.20. The van der Waals surface area contributed by atoms with Gasteiger partial charge in [0.2, 0.25) is 0 Å². The fourth-order valence-corrected chi connectivity index (χ4v) is 0.815. The molecule has 0 rings (SSSR count). The van der Waals surface area contributed by atoms with Crippen molar-refractivity contribution in [3.05, 3.63) is 0 Å². The Labute approximate surface area is 82.3 Å². The summed E-state index contributed by atoms with van der Waals surface area (Å²) in [6.45, 7) is -0.996. The highest BCUT2D eigenvalue weighted by Crippen LogP contribution is 2.12. The van der Waals surface area contributed by atoms with Crippen molar-refractivity contribution in [2.24, 2.45) is 5.73 Å². The van der Waals surface area contributed by atoms with Gasteiger partial charge in [0.05, 0.1) is 19.8 Å². The molecule has 6 heteroatoms. The van der Waals surface area contributed by atoms with Crippen molar-refractivity contribution in [2.75, 3.05) is 40.6 Å². The summed E-state index contributed by atoms with van der Waals surface area (Å²) >= 11 is 0. The Morgan fingerprint density at radius 2 is 1.71 bits per heavy atom. The Balaban J connectivity index is 3.80. The van der Waals surface area contributed by atoms with E-state index in [-0.39, 0.29) is 13.2 Å². The Hall–Kier alpha value is -0.300. The minimum atomic E-state index is -2.99. The van der Waals surface area contributed by atoms with E-state index >= 15 is 0 Å². The van der Waals surface area contributed by atoms with Gasteiger partial charge in [0.15, 0.2) is 0 Å². The molecule has 0 aliphatic heterocycles. The molecule has 86 valence electrons. The molecule has 0 radical (unpaired) electrons. The molecule has 0 saturated carbocycles. The zero-order valence-electron chi connectivity index (χ0n) is 8.46. The van der Waals surface area contributed by atoms with Crippen LogP contribution in [-0.2, 0) is 14.2 Å². The number of halogens is 2.